The zero-order valence-corrected chi connectivity index (χ0v) is 11.5. The van der Waals surface area contributed by atoms with E-state index in [4.69, 9.17) is 0 Å². The number of nitro benzene ring substituents is 1. The minimum Gasteiger partial charge on any atom is -0.319 e. The van der Waals surface area contributed by atoms with E-state index in [1.165, 1.54) is 6.07 Å². The molecule has 1 N–H and O–H groups in total. The lowest BCUT2D eigenvalue weighted by Crippen LogP contribution is -2.44. The van der Waals surface area contributed by atoms with Gasteiger partial charge < -0.3 is 5.32 Å². The Balaban J connectivity index is 2.51. The van der Waals surface area contributed by atoms with Crippen molar-refractivity contribution in [2.75, 3.05) is 19.4 Å². The van der Waals surface area contributed by atoms with Gasteiger partial charge in [-0.25, -0.2) is 0 Å². The van der Waals surface area contributed by atoms with Crippen molar-refractivity contribution < 1.29 is 9.72 Å². The Labute approximate surface area is 112 Å². The predicted molar refractivity (Wildman–Crippen MR) is 70.6 cm³/mol. The molecule has 2 rings (SSSR count). The normalized spacial score (nSPS) is 18.4. The number of likely N-dealkylation sites (N-methyl/N-ethyl adjacent to an activating group) is 1. The van der Waals surface area contributed by atoms with Crippen molar-refractivity contribution in [2.24, 2.45) is 0 Å². The molecule has 0 bridgehead atoms. The number of hydrogen-bond acceptors (Lipinski definition) is 4. The molecule has 0 radical (unpaired) electrons. The zero-order valence-electron chi connectivity index (χ0n) is 9.94. The Morgan fingerprint density at radius 3 is 2.72 bits per heavy atom. The van der Waals surface area contributed by atoms with E-state index in [2.05, 4.69) is 21.2 Å². The van der Waals surface area contributed by atoms with E-state index >= 15 is 0 Å². The third-order valence-corrected chi connectivity index (χ3v) is 3.41. The second kappa shape index (κ2) is 4.66. The molecular weight excluding hydrogens is 302 g/mol. The summed E-state index contributed by atoms with van der Waals surface area (Å²) in [5.74, 6) is -0.210. The molecule has 0 saturated heterocycles. The van der Waals surface area contributed by atoms with Gasteiger partial charge in [0.25, 0.3) is 5.69 Å². The number of nitro groups is 1. The fourth-order valence-electron chi connectivity index (χ4n) is 2.02. The third-order valence-electron chi connectivity index (χ3n) is 2.95. The summed E-state index contributed by atoms with van der Waals surface area (Å²) in [5, 5.41) is 13.6. The number of nitrogens with zero attached hydrogens (tertiary/aromatic N) is 2. The smallest absolute Gasteiger partial charge is 0.294 e. The van der Waals surface area contributed by atoms with Crippen molar-refractivity contribution in [1.29, 1.82) is 0 Å². The molecule has 96 valence electrons. The number of fused-ring (bicyclic) bond motifs is 1. The fourth-order valence-corrected chi connectivity index (χ4v) is 2.51. The molecule has 18 heavy (non-hydrogen) atoms. The molecule has 0 aromatic heterocycles. The van der Waals surface area contributed by atoms with Crippen LogP contribution in [0.15, 0.2) is 16.6 Å². The van der Waals surface area contributed by atoms with E-state index in [1.54, 1.807) is 11.0 Å². The Hall–Kier alpha value is -1.47. The van der Waals surface area contributed by atoms with Crippen molar-refractivity contribution in [3.63, 3.8) is 0 Å². The Morgan fingerprint density at radius 2 is 2.17 bits per heavy atom. The van der Waals surface area contributed by atoms with Crippen molar-refractivity contribution >= 4 is 33.2 Å². The first kappa shape index (κ1) is 13.0. The summed E-state index contributed by atoms with van der Waals surface area (Å²) in [7, 11) is 3.61. The molecule has 1 unspecified atom stereocenters. The Kier molecular flexibility index (Phi) is 3.36. The van der Waals surface area contributed by atoms with Crippen molar-refractivity contribution in [1.82, 2.24) is 4.90 Å². The lowest BCUT2D eigenvalue weighted by Gasteiger charge is -2.28. The minimum atomic E-state index is -0.486. The number of carbonyl (C=O) groups is 1. The molecule has 1 amide bonds. The van der Waals surface area contributed by atoms with Gasteiger partial charge in [-0.15, -0.1) is 0 Å². The summed E-state index contributed by atoms with van der Waals surface area (Å²) in [6.07, 6.45) is 0.467. The van der Waals surface area contributed by atoms with Gasteiger partial charge >= 0.3 is 0 Å². The molecule has 0 saturated carbocycles. The second-order valence-electron chi connectivity index (χ2n) is 4.39. The van der Waals surface area contributed by atoms with Crippen LogP contribution in [0, 0.1) is 10.1 Å². The van der Waals surface area contributed by atoms with Crippen molar-refractivity contribution in [2.45, 2.75) is 12.5 Å². The van der Waals surface area contributed by atoms with Gasteiger partial charge in [-0.3, -0.25) is 19.8 Å². The molecule has 0 spiro atoms. The number of benzene rings is 1. The monoisotopic (exact) mass is 313 g/mol. The van der Waals surface area contributed by atoms with Gasteiger partial charge in [-0.05, 0) is 32.1 Å². The first-order valence-corrected chi connectivity index (χ1v) is 6.13. The highest BCUT2D eigenvalue weighted by Crippen LogP contribution is 2.36. The second-order valence-corrected chi connectivity index (χ2v) is 5.30. The maximum Gasteiger partial charge on any atom is 0.294 e. The van der Waals surface area contributed by atoms with Gasteiger partial charge in [0.2, 0.25) is 5.91 Å². The lowest BCUT2D eigenvalue weighted by molar-refractivity contribution is -0.384. The largest absolute Gasteiger partial charge is 0.319 e. The van der Waals surface area contributed by atoms with Crippen LogP contribution in [0.3, 0.4) is 0 Å². The van der Waals surface area contributed by atoms with E-state index in [0.717, 1.165) is 5.56 Å². The zero-order chi connectivity index (χ0) is 13.4. The molecule has 0 aliphatic carbocycles. The van der Waals surface area contributed by atoms with Gasteiger partial charge in [0.05, 0.1) is 11.0 Å². The number of nitrogens with one attached hydrogen (secondary N) is 1. The number of rotatable bonds is 2. The van der Waals surface area contributed by atoms with Crippen LogP contribution in [-0.2, 0) is 11.2 Å². The first-order valence-electron chi connectivity index (χ1n) is 5.34. The van der Waals surface area contributed by atoms with E-state index in [1.807, 2.05) is 14.1 Å². The summed E-state index contributed by atoms with van der Waals surface area (Å²) in [6.45, 7) is 0. The summed E-state index contributed by atoms with van der Waals surface area (Å²) in [4.78, 5) is 24.2. The quantitative estimate of drug-likeness (QED) is 0.667. The molecule has 0 fully saturated rings. The first-order chi connectivity index (χ1) is 8.40. The molecule has 1 aliphatic rings. The van der Waals surface area contributed by atoms with E-state index < -0.39 is 4.92 Å². The minimum absolute atomic E-state index is 0.0788. The maximum atomic E-state index is 11.9. The maximum absolute atomic E-state index is 11.9. The van der Waals surface area contributed by atoms with Gasteiger partial charge in [0.1, 0.15) is 5.69 Å². The van der Waals surface area contributed by atoms with Crippen molar-refractivity contribution in [3.8, 4) is 0 Å². The molecule has 1 aromatic rings. The standard InChI is InChI=1S/C11H12BrN3O3/c1-14(2)9-4-6-3-7(12)5-8(15(17)18)10(6)13-11(9)16/h3,5,9H,4H2,1-2H3,(H,13,16). The fraction of sp³-hybridized carbons (Fsp3) is 0.364. The van der Waals surface area contributed by atoms with Gasteiger partial charge in [-0.1, -0.05) is 15.9 Å². The molecule has 1 heterocycles. The number of amides is 1. The third kappa shape index (κ3) is 2.23. The highest BCUT2D eigenvalue weighted by atomic mass is 79.9. The van der Waals surface area contributed by atoms with E-state index in [0.29, 0.717) is 16.6 Å². The summed E-state index contributed by atoms with van der Waals surface area (Å²) >= 11 is 3.25. The van der Waals surface area contributed by atoms with E-state index in [-0.39, 0.29) is 17.6 Å². The molecular formula is C11H12BrN3O3. The molecule has 1 aliphatic heterocycles. The SMILES string of the molecule is CN(C)C1Cc2cc(Br)cc([N+](=O)[O-])c2NC1=O. The number of halogens is 1. The molecule has 7 heteroatoms. The highest BCUT2D eigenvalue weighted by molar-refractivity contribution is 9.10. The number of hydrogen-bond donors (Lipinski definition) is 1. The predicted octanol–water partition coefficient (Wildman–Crippen LogP) is 1.78. The van der Waals surface area contributed by atoms with Crippen LogP contribution in [0.5, 0.6) is 0 Å². The Bertz CT molecular complexity index is 531. The average Bonchev–Trinajstić information content (AvgIpc) is 2.27. The van der Waals surface area contributed by atoms with Crippen LogP contribution < -0.4 is 5.32 Å². The molecule has 1 atom stereocenters. The Morgan fingerprint density at radius 1 is 1.50 bits per heavy atom. The van der Waals surface area contributed by atoms with Crippen molar-refractivity contribution in [3.05, 3.63) is 32.3 Å². The van der Waals surface area contributed by atoms with Crippen LogP contribution in [0.1, 0.15) is 5.56 Å². The summed E-state index contributed by atoms with van der Waals surface area (Å²) < 4.78 is 0.640. The van der Waals surface area contributed by atoms with Gasteiger partial charge in [0, 0.05) is 10.5 Å². The molecule has 1 aromatic carbocycles. The van der Waals surface area contributed by atoms with Gasteiger partial charge in [0.15, 0.2) is 0 Å². The topological polar surface area (TPSA) is 75.5 Å². The van der Waals surface area contributed by atoms with Crippen LogP contribution in [-0.4, -0.2) is 35.9 Å². The van der Waals surface area contributed by atoms with Gasteiger partial charge in [-0.2, -0.15) is 0 Å². The molecule has 6 nitrogen and oxygen atoms in total. The summed E-state index contributed by atoms with van der Waals surface area (Å²) in [6, 6.07) is 2.90. The highest BCUT2D eigenvalue weighted by Gasteiger charge is 2.32. The van der Waals surface area contributed by atoms with E-state index in [9.17, 15) is 14.9 Å². The van der Waals surface area contributed by atoms with Crippen LogP contribution in [0.4, 0.5) is 11.4 Å². The van der Waals surface area contributed by atoms with Crippen LogP contribution >= 0.6 is 15.9 Å². The van der Waals surface area contributed by atoms with Crippen LogP contribution in [0.25, 0.3) is 0 Å². The lowest BCUT2D eigenvalue weighted by atomic mass is 9.97. The van der Waals surface area contributed by atoms with Crippen LogP contribution in [0.2, 0.25) is 0 Å². The number of anilines is 1. The number of carbonyl (C=O) groups excluding carboxylic acids is 1. The average molecular weight is 314 g/mol. The summed E-state index contributed by atoms with van der Waals surface area (Å²) in [5.41, 5.74) is 1.01.